The maximum absolute atomic E-state index is 13.2. The number of hydrogen-bond donors (Lipinski definition) is 0. The summed E-state index contributed by atoms with van der Waals surface area (Å²) in [6.07, 6.45) is 0. The fraction of sp³-hybridized carbons (Fsp3) is 0.455. The maximum atomic E-state index is 13.2. The Morgan fingerprint density at radius 2 is 2.00 bits per heavy atom. The highest BCUT2D eigenvalue weighted by Gasteiger charge is 2.20. The molecule has 0 aliphatic heterocycles. The Morgan fingerprint density at radius 1 is 1.28 bits per heavy atom. The topological polar surface area (TPSA) is 70.8 Å². The fourth-order valence-electron chi connectivity index (χ4n) is 1.24. The number of benzene rings is 1. The first kappa shape index (κ1) is 14.3. The van der Waals surface area contributed by atoms with Crippen molar-refractivity contribution in [2.75, 3.05) is 33.5 Å². The predicted molar refractivity (Wildman–Crippen MR) is 61.2 cm³/mol. The molecule has 1 rings (SSSR count). The van der Waals surface area contributed by atoms with Crippen LogP contribution in [0.1, 0.15) is 0 Å². The number of nitrogens with zero attached hydrogens (tertiary/aromatic N) is 1. The molecule has 100 valence electrons. The molecule has 0 fully saturated rings. The van der Waals surface area contributed by atoms with Crippen LogP contribution in [0.15, 0.2) is 18.2 Å². The molecule has 6 nitrogen and oxygen atoms in total. The lowest BCUT2D eigenvalue weighted by Gasteiger charge is -2.07. The van der Waals surface area contributed by atoms with Gasteiger partial charge in [-0.3, -0.25) is 10.1 Å². The van der Waals surface area contributed by atoms with Gasteiger partial charge in [-0.1, -0.05) is 6.07 Å². The van der Waals surface area contributed by atoms with Gasteiger partial charge in [0.25, 0.3) is 0 Å². The number of hydrogen-bond acceptors (Lipinski definition) is 5. The molecule has 0 bridgehead atoms. The Kier molecular flexibility index (Phi) is 6.03. The Balaban J connectivity index is 2.47. The summed E-state index contributed by atoms with van der Waals surface area (Å²) in [6.45, 7) is 1.22. The summed E-state index contributed by atoms with van der Waals surface area (Å²) in [6, 6.07) is 3.71. The molecule has 0 atom stereocenters. The SMILES string of the molecule is COCCOCCOc1cccc(F)c1[N+](=O)[O-]. The second kappa shape index (κ2) is 7.57. The van der Waals surface area contributed by atoms with E-state index < -0.39 is 16.4 Å². The van der Waals surface area contributed by atoms with E-state index in [1.807, 2.05) is 0 Å². The summed E-state index contributed by atoms with van der Waals surface area (Å²) in [5.41, 5.74) is -0.658. The molecule has 0 amide bonds. The van der Waals surface area contributed by atoms with E-state index in [9.17, 15) is 14.5 Å². The Hall–Kier alpha value is -1.73. The van der Waals surface area contributed by atoms with Crippen LogP contribution in [0.25, 0.3) is 0 Å². The van der Waals surface area contributed by atoms with E-state index in [0.29, 0.717) is 13.2 Å². The average molecular weight is 259 g/mol. The molecule has 7 heteroatoms. The van der Waals surface area contributed by atoms with Crippen molar-refractivity contribution >= 4 is 5.69 Å². The molecule has 0 radical (unpaired) electrons. The van der Waals surface area contributed by atoms with Crippen molar-refractivity contribution in [3.8, 4) is 5.75 Å². The van der Waals surface area contributed by atoms with Crippen LogP contribution >= 0.6 is 0 Å². The van der Waals surface area contributed by atoms with Crippen molar-refractivity contribution in [3.63, 3.8) is 0 Å². The summed E-state index contributed by atoms with van der Waals surface area (Å²) in [7, 11) is 1.55. The van der Waals surface area contributed by atoms with Gasteiger partial charge in [0.05, 0.1) is 24.7 Å². The van der Waals surface area contributed by atoms with Gasteiger partial charge in [0.1, 0.15) is 6.61 Å². The van der Waals surface area contributed by atoms with Crippen molar-refractivity contribution in [1.82, 2.24) is 0 Å². The molecule has 0 aromatic heterocycles. The number of halogens is 1. The van der Waals surface area contributed by atoms with Crippen molar-refractivity contribution in [2.45, 2.75) is 0 Å². The fourth-order valence-corrected chi connectivity index (χ4v) is 1.24. The van der Waals surface area contributed by atoms with E-state index in [-0.39, 0.29) is 19.0 Å². The van der Waals surface area contributed by atoms with Crippen molar-refractivity contribution in [2.24, 2.45) is 0 Å². The number of methoxy groups -OCH3 is 1. The third-order valence-corrected chi connectivity index (χ3v) is 2.05. The van der Waals surface area contributed by atoms with Crippen molar-refractivity contribution in [1.29, 1.82) is 0 Å². The summed E-state index contributed by atoms with van der Waals surface area (Å²) in [5.74, 6) is -1.02. The van der Waals surface area contributed by atoms with E-state index in [1.54, 1.807) is 7.11 Å². The number of para-hydroxylation sites is 1. The molecule has 0 spiro atoms. The first-order chi connectivity index (χ1) is 8.66. The molecule has 0 N–H and O–H groups in total. The maximum Gasteiger partial charge on any atom is 0.346 e. The molecule has 0 aliphatic rings. The highest BCUT2D eigenvalue weighted by molar-refractivity contribution is 5.47. The minimum Gasteiger partial charge on any atom is -0.484 e. The lowest BCUT2D eigenvalue weighted by Crippen LogP contribution is -2.11. The van der Waals surface area contributed by atoms with Crippen LogP contribution in [0.3, 0.4) is 0 Å². The number of ether oxygens (including phenoxy) is 3. The molecule has 0 aliphatic carbocycles. The van der Waals surface area contributed by atoms with E-state index in [4.69, 9.17) is 14.2 Å². The zero-order valence-electron chi connectivity index (χ0n) is 9.93. The average Bonchev–Trinajstić information content (AvgIpc) is 2.33. The van der Waals surface area contributed by atoms with Crippen LogP contribution in [0.5, 0.6) is 5.75 Å². The zero-order chi connectivity index (χ0) is 13.4. The normalized spacial score (nSPS) is 10.3. The zero-order valence-corrected chi connectivity index (χ0v) is 9.93. The first-order valence-corrected chi connectivity index (χ1v) is 5.29. The van der Waals surface area contributed by atoms with Gasteiger partial charge in [0.2, 0.25) is 5.82 Å². The second-order valence-corrected chi connectivity index (χ2v) is 3.30. The lowest BCUT2D eigenvalue weighted by atomic mass is 10.3. The third-order valence-electron chi connectivity index (χ3n) is 2.05. The monoisotopic (exact) mass is 259 g/mol. The minimum atomic E-state index is -0.919. The van der Waals surface area contributed by atoms with Gasteiger partial charge in [0.15, 0.2) is 5.75 Å². The van der Waals surface area contributed by atoms with Gasteiger partial charge >= 0.3 is 5.69 Å². The molecular weight excluding hydrogens is 245 g/mol. The molecule has 1 aromatic carbocycles. The molecular formula is C11H14FNO5. The van der Waals surface area contributed by atoms with Gasteiger partial charge < -0.3 is 14.2 Å². The highest BCUT2D eigenvalue weighted by atomic mass is 19.1. The van der Waals surface area contributed by atoms with Crippen LogP contribution in [0.4, 0.5) is 10.1 Å². The van der Waals surface area contributed by atoms with Gasteiger partial charge in [-0.25, -0.2) is 0 Å². The summed E-state index contributed by atoms with van der Waals surface area (Å²) >= 11 is 0. The highest BCUT2D eigenvalue weighted by Crippen LogP contribution is 2.29. The molecule has 0 heterocycles. The van der Waals surface area contributed by atoms with Crippen LogP contribution < -0.4 is 4.74 Å². The van der Waals surface area contributed by atoms with Crippen molar-refractivity contribution in [3.05, 3.63) is 34.1 Å². The lowest BCUT2D eigenvalue weighted by molar-refractivity contribution is -0.388. The third kappa shape index (κ3) is 4.27. The van der Waals surface area contributed by atoms with Crippen LogP contribution in [0, 0.1) is 15.9 Å². The second-order valence-electron chi connectivity index (χ2n) is 3.30. The summed E-state index contributed by atoms with van der Waals surface area (Å²) < 4.78 is 28.2. The van der Waals surface area contributed by atoms with E-state index in [1.165, 1.54) is 12.1 Å². The van der Waals surface area contributed by atoms with Gasteiger partial charge in [-0.2, -0.15) is 4.39 Å². The Morgan fingerprint density at radius 3 is 2.67 bits per heavy atom. The quantitative estimate of drug-likeness (QED) is 0.404. The van der Waals surface area contributed by atoms with Gasteiger partial charge in [0, 0.05) is 7.11 Å². The minimum absolute atomic E-state index is 0.102. The van der Waals surface area contributed by atoms with Gasteiger partial charge in [-0.05, 0) is 12.1 Å². The van der Waals surface area contributed by atoms with E-state index >= 15 is 0 Å². The Labute approximate surface area is 103 Å². The Bertz CT molecular complexity index is 399. The predicted octanol–water partition coefficient (Wildman–Crippen LogP) is 1.78. The molecule has 18 heavy (non-hydrogen) atoms. The molecule has 0 saturated carbocycles. The molecule has 0 saturated heterocycles. The first-order valence-electron chi connectivity index (χ1n) is 5.29. The van der Waals surface area contributed by atoms with Crippen LogP contribution in [0.2, 0.25) is 0 Å². The van der Waals surface area contributed by atoms with Crippen LogP contribution in [-0.4, -0.2) is 38.5 Å². The van der Waals surface area contributed by atoms with Gasteiger partial charge in [-0.15, -0.1) is 0 Å². The molecule has 0 unspecified atom stereocenters. The molecule has 1 aromatic rings. The van der Waals surface area contributed by atoms with Crippen LogP contribution in [-0.2, 0) is 9.47 Å². The van der Waals surface area contributed by atoms with E-state index in [2.05, 4.69) is 0 Å². The largest absolute Gasteiger partial charge is 0.484 e. The smallest absolute Gasteiger partial charge is 0.346 e. The summed E-state index contributed by atoms with van der Waals surface area (Å²) in [4.78, 5) is 9.85. The van der Waals surface area contributed by atoms with E-state index in [0.717, 1.165) is 6.07 Å². The standard InChI is InChI=1S/C11H14FNO5/c1-16-5-6-17-7-8-18-10-4-2-3-9(12)11(10)13(14)15/h2-4H,5-8H2,1H3. The number of rotatable bonds is 8. The summed E-state index contributed by atoms with van der Waals surface area (Å²) in [5, 5.41) is 10.7. The number of nitro groups is 1. The van der Waals surface area contributed by atoms with Crippen molar-refractivity contribution < 1.29 is 23.5 Å². The number of nitro benzene ring substituents is 1.